The molecular formula is C17H16N2O6. The van der Waals surface area contributed by atoms with Crippen molar-refractivity contribution < 1.29 is 24.0 Å². The van der Waals surface area contributed by atoms with Gasteiger partial charge in [0.25, 0.3) is 5.69 Å². The largest absolute Gasteiger partial charge is 0.469 e. The van der Waals surface area contributed by atoms with Crippen molar-refractivity contribution >= 4 is 17.6 Å². The highest BCUT2D eigenvalue weighted by molar-refractivity contribution is 5.94. The number of esters is 2. The SMILES string of the molecule is COC(=O)Cc1cc(-c2cccc([N+](=O)[O-])c2)nc(C)c1C(=O)OC. The lowest BCUT2D eigenvalue weighted by molar-refractivity contribution is -0.384. The number of rotatable bonds is 5. The summed E-state index contributed by atoms with van der Waals surface area (Å²) in [7, 11) is 2.48. The highest BCUT2D eigenvalue weighted by Gasteiger charge is 2.21. The number of carbonyl (C=O) groups excluding carboxylic acids is 2. The molecule has 0 fully saturated rings. The van der Waals surface area contributed by atoms with Gasteiger partial charge < -0.3 is 9.47 Å². The average molecular weight is 344 g/mol. The number of aryl methyl sites for hydroxylation is 1. The maximum Gasteiger partial charge on any atom is 0.340 e. The molecule has 0 spiro atoms. The molecule has 2 aromatic rings. The molecule has 0 aliphatic heterocycles. The number of methoxy groups -OCH3 is 2. The van der Waals surface area contributed by atoms with Crippen molar-refractivity contribution in [3.63, 3.8) is 0 Å². The van der Waals surface area contributed by atoms with E-state index in [1.165, 1.54) is 32.4 Å². The summed E-state index contributed by atoms with van der Waals surface area (Å²) in [6, 6.07) is 7.48. The number of nitrogens with zero attached hydrogens (tertiary/aromatic N) is 2. The van der Waals surface area contributed by atoms with Crippen LogP contribution in [0.1, 0.15) is 21.6 Å². The molecule has 8 heteroatoms. The van der Waals surface area contributed by atoms with Crippen LogP contribution in [0.5, 0.6) is 0 Å². The summed E-state index contributed by atoms with van der Waals surface area (Å²) < 4.78 is 9.41. The van der Waals surface area contributed by atoms with Gasteiger partial charge in [-0.05, 0) is 18.6 Å². The van der Waals surface area contributed by atoms with Crippen molar-refractivity contribution in [1.82, 2.24) is 4.98 Å². The molecule has 1 heterocycles. The Kier molecular flexibility index (Phi) is 5.43. The van der Waals surface area contributed by atoms with Gasteiger partial charge in [0.05, 0.1) is 42.5 Å². The Labute approximate surface area is 143 Å². The van der Waals surface area contributed by atoms with Crippen LogP contribution in [0.25, 0.3) is 11.3 Å². The predicted molar refractivity (Wildman–Crippen MR) is 88.1 cm³/mol. The quantitative estimate of drug-likeness (QED) is 0.465. The molecule has 0 amide bonds. The number of benzene rings is 1. The zero-order valence-electron chi connectivity index (χ0n) is 13.9. The van der Waals surface area contributed by atoms with Crippen LogP contribution >= 0.6 is 0 Å². The topological polar surface area (TPSA) is 109 Å². The lowest BCUT2D eigenvalue weighted by Crippen LogP contribution is -2.14. The number of pyridine rings is 1. The van der Waals surface area contributed by atoms with Crippen molar-refractivity contribution in [2.45, 2.75) is 13.3 Å². The Morgan fingerprint density at radius 1 is 1.20 bits per heavy atom. The second kappa shape index (κ2) is 7.52. The van der Waals surface area contributed by atoms with E-state index in [0.29, 0.717) is 22.5 Å². The van der Waals surface area contributed by atoms with E-state index in [1.807, 2.05) is 0 Å². The van der Waals surface area contributed by atoms with Crippen LogP contribution in [0.15, 0.2) is 30.3 Å². The summed E-state index contributed by atoms with van der Waals surface area (Å²) in [6.07, 6.45) is -0.147. The van der Waals surface area contributed by atoms with Crippen molar-refractivity contribution in [2.24, 2.45) is 0 Å². The first-order chi connectivity index (χ1) is 11.9. The van der Waals surface area contributed by atoms with Gasteiger partial charge in [0, 0.05) is 17.7 Å². The smallest absolute Gasteiger partial charge is 0.340 e. The molecule has 1 aromatic carbocycles. The lowest BCUT2D eigenvalue weighted by atomic mass is 10.00. The van der Waals surface area contributed by atoms with E-state index in [2.05, 4.69) is 9.72 Å². The third kappa shape index (κ3) is 3.97. The van der Waals surface area contributed by atoms with E-state index in [1.54, 1.807) is 19.1 Å². The fourth-order valence-corrected chi connectivity index (χ4v) is 2.41. The van der Waals surface area contributed by atoms with E-state index >= 15 is 0 Å². The number of non-ortho nitro benzene ring substituents is 1. The second-order valence-corrected chi connectivity index (χ2v) is 5.18. The fourth-order valence-electron chi connectivity index (χ4n) is 2.41. The van der Waals surface area contributed by atoms with Gasteiger partial charge in [0.1, 0.15) is 0 Å². The molecule has 0 unspecified atom stereocenters. The van der Waals surface area contributed by atoms with Crippen LogP contribution in [-0.4, -0.2) is 36.1 Å². The van der Waals surface area contributed by atoms with Gasteiger partial charge in [-0.1, -0.05) is 12.1 Å². The Morgan fingerprint density at radius 3 is 2.52 bits per heavy atom. The molecular weight excluding hydrogens is 328 g/mol. The second-order valence-electron chi connectivity index (χ2n) is 5.18. The number of ether oxygens (including phenoxy) is 2. The first-order valence-electron chi connectivity index (χ1n) is 7.27. The number of carbonyl (C=O) groups is 2. The first-order valence-corrected chi connectivity index (χ1v) is 7.27. The summed E-state index contributed by atoms with van der Waals surface area (Å²) in [5.41, 5.74) is 1.75. The Balaban J connectivity index is 2.61. The van der Waals surface area contributed by atoms with Crippen LogP contribution in [0.2, 0.25) is 0 Å². The van der Waals surface area contributed by atoms with Crippen LogP contribution < -0.4 is 0 Å². The summed E-state index contributed by atoms with van der Waals surface area (Å²) in [5.74, 6) is -1.14. The maximum atomic E-state index is 12.0. The standard InChI is InChI=1S/C17H16N2O6/c1-10-16(17(21)25-3)12(9-15(20)24-2)8-14(18-10)11-5-4-6-13(7-11)19(22)23/h4-8H,9H2,1-3H3. The van der Waals surface area contributed by atoms with Gasteiger partial charge in [0.2, 0.25) is 0 Å². The summed E-state index contributed by atoms with van der Waals surface area (Å²) in [5, 5.41) is 10.9. The molecule has 0 atom stereocenters. The highest BCUT2D eigenvalue weighted by atomic mass is 16.6. The van der Waals surface area contributed by atoms with E-state index < -0.39 is 16.9 Å². The van der Waals surface area contributed by atoms with Crippen molar-refractivity contribution in [1.29, 1.82) is 0 Å². The van der Waals surface area contributed by atoms with Crippen LogP contribution in [-0.2, 0) is 20.7 Å². The van der Waals surface area contributed by atoms with Gasteiger partial charge in [-0.3, -0.25) is 19.9 Å². The molecule has 0 bridgehead atoms. The molecule has 2 rings (SSSR count). The van der Waals surface area contributed by atoms with Gasteiger partial charge in [-0.15, -0.1) is 0 Å². The Morgan fingerprint density at radius 2 is 1.92 bits per heavy atom. The average Bonchev–Trinajstić information content (AvgIpc) is 2.60. The Bertz CT molecular complexity index is 847. The summed E-state index contributed by atoms with van der Waals surface area (Å²) in [6.45, 7) is 1.61. The zero-order chi connectivity index (χ0) is 18.6. The molecule has 130 valence electrons. The molecule has 0 saturated heterocycles. The van der Waals surface area contributed by atoms with Gasteiger partial charge in [-0.25, -0.2) is 4.79 Å². The monoisotopic (exact) mass is 344 g/mol. The molecule has 0 aliphatic carbocycles. The minimum absolute atomic E-state index is 0.0801. The van der Waals surface area contributed by atoms with E-state index in [-0.39, 0.29) is 17.7 Å². The number of aromatic nitrogens is 1. The van der Waals surface area contributed by atoms with Crippen molar-refractivity contribution in [2.75, 3.05) is 14.2 Å². The van der Waals surface area contributed by atoms with E-state index in [9.17, 15) is 19.7 Å². The molecule has 0 radical (unpaired) electrons. The number of hydrogen-bond donors (Lipinski definition) is 0. The molecule has 0 aliphatic rings. The fraction of sp³-hybridized carbons (Fsp3) is 0.235. The van der Waals surface area contributed by atoms with E-state index in [0.717, 1.165) is 0 Å². The minimum atomic E-state index is -0.616. The number of nitro benzene ring substituents is 1. The van der Waals surface area contributed by atoms with Crippen LogP contribution in [0, 0.1) is 17.0 Å². The Hall–Kier alpha value is -3.29. The maximum absolute atomic E-state index is 12.0. The van der Waals surface area contributed by atoms with Gasteiger partial charge >= 0.3 is 11.9 Å². The zero-order valence-corrected chi connectivity index (χ0v) is 13.9. The van der Waals surface area contributed by atoms with Gasteiger partial charge in [0.15, 0.2) is 0 Å². The van der Waals surface area contributed by atoms with Crippen LogP contribution in [0.3, 0.4) is 0 Å². The lowest BCUT2D eigenvalue weighted by Gasteiger charge is -2.12. The molecule has 0 saturated carbocycles. The summed E-state index contributed by atoms with van der Waals surface area (Å²) >= 11 is 0. The van der Waals surface area contributed by atoms with Gasteiger partial charge in [-0.2, -0.15) is 0 Å². The highest BCUT2D eigenvalue weighted by Crippen LogP contribution is 2.26. The molecule has 0 N–H and O–H groups in total. The molecule has 8 nitrogen and oxygen atoms in total. The molecule has 1 aromatic heterocycles. The van der Waals surface area contributed by atoms with Crippen molar-refractivity contribution in [3.05, 3.63) is 57.3 Å². The third-order valence-electron chi connectivity index (χ3n) is 3.59. The predicted octanol–water partition coefficient (Wildman–Crippen LogP) is 2.47. The number of nitro groups is 1. The van der Waals surface area contributed by atoms with E-state index in [4.69, 9.17) is 4.74 Å². The van der Waals surface area contributed by atoms with Crippen molar-refractivity contribution in [3.8, 4) is 11.3 Å². The first kappa shape index (κ1) is 18.1. The van der Waals surface area contributed by atoms with Crippen LogP contribution in [0.4, 0.5) is 5.69 Å². The minimum Gasteiger partial charge on any atom is -0.469 e. The molecule has 25 heavy (non-hydrogen) atoms. The third-order valence-corrected chi connectivity index (χ3v) is 3.59. The normalized spacial score (nSPS) is 10.2. The summed E-state index contributed by atoms with van der Waals surface area (Å²) in [4.78, 5) is 38.4. The number of hydrogen-bond acceptors (Lipinski definition) is 7.